The summed E-state index contributed by atoms with van der Waals surface area (Å²) in [5.74, 6) is 0. The minimum atomic E-state index is -3.12. The Morgan fingerprint density at radius 2 is 1.81 bits per heavy atom. The van der Waals surface area contributed by atoms with Crippen LogP contribution in [0.3, 0.4) is 0 Å². The van der Waals surface area contributed by atoms with E-state index in [1.54, 1.807) is 41.1 Å². The number of benzene rings is 1. The molecule has 1 heterocycles. The van der Waals surface area contributed by atoms with Crippen LogP contribution in [0.5, 0.6) is 0 Å². The maximum absolute atomic E-state index is 11.3. The Labute approximate surface area is 98.7 Å². The Hall–Kier alpha value is -1.20. The van der Waals surface area contributed by atoms with Crippen molar-refractivity contribution in [2.75, 3.05) is 6.26 Å². The highest BCUT2D eigenvalue weighted by Gasteiger charge is 2.08. The molecule has 2 aromatic rings. The summed E-state index contributed by atoms with van der Waals surface area (Å²) < 4.78 is 22.6. The van der Waals surface area contributed by atoms with Crippen molar-refractivity contribution in [3.63, 3.8) is 0 Å². The Morgan fingerprint density at radius 3 is 2.25 bits per heavy atom. The summed E-state index contributed by atoms with van der Waals surface area (Å²) in [7, 11) is -3.12. The van der Waals surface area contributed by atoms with Gasteiger partial charge in [-0.3, -0.25) is 0 Å². The van der Waals surface area contributed by atoms with Gasteiger partial charge in [-0.1, -0.05) is 12.1 Å². The standard InChI is InChI=1S/C11H11NO2S2/c1-8-11(12-7-15-8)9-3-5-10(6-4-9)16(2,13)14/h3-7H,1-2H3. The molecule has 1 aromatic heterocycles. The Balaban J connectivity index is 2.45. The van der Waals surface area contributed by atoms with Crippen LogP contribution in [0.4, 0.5) is 0 Å². The van der Waals surface area contributed by atoms with E-state index < -0.39 is 9.84 Å². The van der Waals surface area contributed by atoms with Crippen LogP contribution in [0.2, 0.25) is 0 Å². The summed E-state index contributed by atoms with van der Waals surface area (Å²) in [6.45, 7) is 2.00. The van der Waals surface area contributed by atoms with Crippen LogP contribution in [0.25, 0.3) is 11.3 Å². The topological polar surface area (TPSA) is 47.0 Å². The second-order valence-electron chi connectivity index (χ2n) is 3.55. The van der Waals surface area contributed by atoms with Gasteiger partial charge in [-0.15, -0.1) is 11.3 Å². The van der Waals surface area contributed by atoms with Gasteiger partial charge in [0.15, 0.2) is 9.84 Å². The predicted molar refractivity (Wildman–Crippen MR) is 65.4 cm³/mol. The molecule has 84 valence electrons. The van der Waals surface area contributed by atoms with Crippen LogP contribution in [-0.2, 0) is 9.84 Å². The number of rotatable bonds is 2. The van der Waals surface area contributed by atoms with Crippen LogP contribution < -0.4 is 0 Å². The van der Waals surface area contributed by atoms with Gasteiger partial charge in [0, 0.05) is 16.7 Å². The van der Waals surface area contributed by atoms with Gasteiger partial charge in [-0.25, -0.2) is 13.4 Å². The molecule has 0 saturated heterocycles. The lowest BCUT2D eigenvalue weighted by molar-refractivity contribution is 0.602. The fourth-order valence-corrected chi connectivity index (χ4v) is 2.67. The first kappa shape index (κ1) is 11.3. The maximum atomic E-state index is 11.3. The zero-order valence-electron chi connectivity index (χ0n) is 8.97. The summed E-state index contributed by atoms with van der Waals surface area (Å²) in [6.07, 6.45) is 1.20. The van der Waals surface area contributed by atoms with Crippen molar-refractivity contribution in [2.24, 2.45) is 0 Å². The largest absolute Gasteiger partial charge is 0.244 e. The van der Waals surface area contributed by atoms with Crippen molar-refractivity contribution in [2.45, 2.75) is 11.8 Å². The van der Waals surface area contributed by atoms with E-state index in [4.69, 9.17) is 0 Å². The number of hydrogen-bond donors (Lipinski definition) is 0. The molecule has 16 heavy (non-hydrogen) atoms. The van der Waals surface area contributed by atoms with Gasteiger partial charge < -0.3 is 0 Å². The van der Waals surface area contributed by atoms with E-state index in [2.05, 4.69) is 4.98 Å². The number of aryl methyl sites for hydroxylation is 1. The Kier molecular flexibility index (Phi) is 2.82. The molecule has 0 aliphatic heterocycles. The molecule has 0 fully saturated rings. The number of thiazole rings is 1. The third-order valence-corrected chi connectivity index (χ3v) is 4.19. The van der Waals surface area contributed by atoms with Gasteiger partial charge in [0.25, 0.3) is 0 Å². The third-order valence-electron chi connectivity index (χ3n) is 2.30. The molecule has 0 aliphatic rings. The first-order valence-electron chi connectivity index (χ1n) is 4.69. The van der Waals surface area contributed by atoms with E-state index in [1.165, 1.54) is 6.26 Å². The van der Waals surface area contributed by atoms with Crippen molar-refractivity contribution in [1.29, 1.82) is 0 Å². The van der Waals surface area contributed by atoms with E-state index in [9.17, 15) is 8.42 Å². The maximum Gasteiger partial charge on any atom is 0.175 e. The SMILES string of the molecule is Cc1scnc1-c1ccc(S(C)(=O)=O)cc1. The predicted octanol–water partition coefficient (Wildman–Crippen LogP) is 2.52. The molecule has 3 nitrogen and oxygen atoms in total. The highest BCUT2D eigenvalue weighted by molar-refractivity contribution is 7.90. The molecule has 1 aromatic carbocycles. The molecule has 0 aliphatic carbocycles. The lowest BCUT2D eigenvalue weighted by Crippen LogP contribution is -1.96. The van der Waals surface area contributed by atoms with Crippen LogP contribution in [0, 0.1) is 6.92 Å². The molecule has 0 spiro atoms. The molecule has 0 bridgehead atoms. The first-order valence-corrected chi connectivity index (χ1v) is 7.46. The van der Waals surface area contributed by atoms with Crippen LogP contribution in [-0.4, -0.2) is 19.7 Å². The smallest absolute Gasteiger partial charge is 0.175 e. The summed E-state index contributed by atoms with van der Waals surface area (Å²) in [5.41, 5.74) is 3.66. The zero-order valence-corrected chi connectivity index (χ0v) is 10.6. The van der Waals surface area contributed by atoms with E-state index in [-0.39, 0.29) is 0 Å². The Bertz CT molecular complexity index is 597. The van der Waals surface area contributed by atoms with E-state index in [1.807, 2.05) is 6.92 Å². The minimum absolute atomic E-state index is 0.337. The van der Waals surface area contributed by atoms with Crippen molar-refractivity contribution in [1.82, 2.24) is 4.98 Å². The molecule has 0 N–H and O–H groups in total. The fourth-order valence-electron chi connectivity index (χ4n) is 1.44. The van der Waals surface area contributed by atoms with Crippen LogP contribution in [0.1, 0.15) is 4.88 Å². The Morgan fingerprint density at radius 1 is 1.19 bits per heavy atom. The van der Waals surface area contributed by atoms with E-state index in [0.29, 0.717) is 4.90 Å². The summed E-state index contributed by atoms with van der Waals surface area (Å²) >= 11 is 1.58. The van der Waals surface area contributed by atoms with E-state index >= 15 is 0 Å². The molecule has 5 heteroatoms. The molecule has 0 amide bonds. The summed E-state index contributed by atoms with van der Waals surface area (Å²) in [6, 6.07) is 6.81. The van der Waals surface area contributed by atoms with Gasteiger partial charge >= 0.3 is 0 Å². The molecule has 0 radical (unpaired) electrons. The number of hydrogen-bond acceptors (Lipinski definition) is 4. The third kappa shape index (κ3) is 2.15. The highest BCUT2D eigenvalue weighted by atomic mass is 32.2. The van der Waals surface area contributed by atoms with Crippen LogP contribution >= 0.6 is 11.3 Å². The molecule has 0 unspecified atom stereocenters. The second kappa shape index (κ2) is 3.99. The molecule has 0 atom stereocenters. The highest BCUT2D eigenvalue weighted by Crippen LogP contribution is 2.25. The van der Waals surface area contributed by atoms with Gasteiger partial charge in [0.2, 0.25) is 0 Å². The fraction of sp³-hybridized carbons (Fsp3) is 0.182. The lowest BCUT2D eigenvalue weighted by Gasteiger charge is -2.01. The first-order chi connectivity index (χ1) is 7.48. The van der Waals surface area contributed by atoms with Crippen molar-refractivity contribution < 1.29 is 8.42 Å². The zero-order chi connectivity index (χ0) is 11.8. The van der Waals surface area contributed by atoms with Gasteiger partial charge in [-0.05, 0) is 19.1 Å². The summed E-state index contributed by atoms with van der Waals surface area (Å²) in [4.78, 5) is 5.72. The normalized spacial score (nSPS) is 11.6. The lowest BCUT2D eigenvalue weighted by atomic mass is 10.1. The van der Waals surface area contributed by atoms with Crippen molar-refractivity contribution in [3.05, 3.63) is 34.7 Å². The van der Waals surface area contributed by atoms with Crippen molar-refractivity contribution in [3.8, 4) is 11.3 Å². The molecular weight excluding hydrogens is 242 g/mol. The quantitative estimate of drug-likeness (QED) is 0.826. The second-order valence-corrected chi connectivity index (χ2v) is 6.63. The van der Waals surface area contributed by atoms with Gasteiger partial charge in [0.1, 0.15) is 0 Å². The number of nitrogens with zero attached hydrogens (tertiary/aromatic N) is 1. The van der Waals surface area contributed by atoms with Crippen molar-refractivity contribution >= 4 is 21.2 Å². The van der Waals surface area contributed by atoms with Crippen LogP contribution in [0.15, 0.2) is 34.7 Å². The molecular formula is C11H11NO2S2. The van der Waals surface area contributed by atoms with Gasteiger partial charge in [0.05, 0.1) is 16.1 Å². The van der Waals surface area contributed by atoms with E-state index in [0.717, 1.165) is 16.1 Å². The van der Waals surface area contributed by atoms with Gasteiger partial charge in [-0.2, -0.15) is 0 Å². The average Bonchev–Trinajstić information content (AvgIpc) is 2.63. The summed E-state index contributed by atoms with van der Waals surface area (Å²) in [5, 5.41) is 0. The minimum Gasteiger partial charge on any atom is -0.244 e. The number of sulfone groups is 1. The monoisotopic (exact) mass is 253 g/mol. The molecule has 2 rings (SSSR count). The number of aromatic nitrogens is 1. The average molecular weight is 253 g/mol. The molecule has 0 saturated carbocycles.